The number of ether oxygens (including phenoxy) is 1. The molecule has 68 valence electrons. The summed E-state index contributed by atoms with van der Waals surface area (Å²) in [7, 11) is 1.88. The van der Waals surface area contributed by atoms with Gasteiger partial charge in [-0.15, -0.1) is 0 Å². The number of hydrogen-bond acceptors (Lipinski definition) is 3. The maximum absolute atomic E-state index is 9.29. The molecule has 0 radical (unpaired) electrons. The van der Waals surface area contributed by atoms with E-state index >= 15 is 0 Å². The maximum Gasteiger partial charge on any atom is 0.0824 e. The van der Waals surface area contributed by atoms with E-state index in [2.05, 4.69) is 5.32 Å². The first-order chi connectivity index (χ1) is 4.95. The average molecular weight is 161 g/mol. The van der Waals surface area contributed by atoms with Crippen LogP contribution in [0.3, 0.4) is 0 Å². The van der Waals surface area contributed by atoms with Gasteiger partial charge in [0.2, 0.25) is 0 Å². The maximum atomic E-state index is 9.29. The third-order valence-corrected chi connectivity index (χ3v) is 1.21. The number of rotatable bonds is 5. The van der Waals surface area contributed by atoms with Crippen LogP contribution >= 0.6 is 0 Å². The largest absolute Gasteiger partial charge is 0.388 e. The topological polar surface area (TPSA) is 41.5 Å². The molecule has 0 heterocycles. The molecule has 0 amide bonds. The summed E-state index contributed by atoms with van der Waals surface area (Å²) < 4.78 is 5.33. The van der Waals surface area contributed by atoms with Crippen LogP contribution in [0, 0.1) is 0 Å². The standard InChI is InChI=1S/C8H19NO2/c1-7(5-9-4)11-6-8(2,3)10/h7,9-10H,5-6H2,1-4H3. The average Bonchev–Trinajstić information content (AvgIpc) is 1.83. The number of nitrogens with one attached hydrogen (secondary N) is 1. The molecular weight excluding hydrogens is 142 g/mol. The second-order valence-electron chi connectivity index (χ2n) is 3.49. The summed E-state index contributed by atoms with van der Waals surface area (Å²) in [6, 6.07) is 0. The highest BCUT2D eigenvalue weighted by Crippen LogP contribution is 2.02. The normalized spacial score (nSPS) is 15.0. The van der Waals surface area contributed by atoms with E-state index in [4.69, 9.17) is 4.74 Å². The predicted molar refractivity (Wildman–Crippen MR) is 45.6 cm³/mol. The molecule has 0 aromatic carbocycles. The second kappa shape index (κ2) is 4.70. The van der Waals surface area contributed by atoms with Gasteiger partial charge in [-0.1, -0.05) is 0 Å². The summed E-state index contributed by atoms with van der Waals surface area (Å²) in [6.07, 6.45) is 0.159. The molecule has 3 heteroatoms. The third-order valence-electron chi connectivity index (χ3n) is 1.21. The minimum absolute atomic E-state index is 0.159. The van der Waals surface area contributed by atoms with Crippen molar-refractivity contribution in [1.82, 2.24) is 5.32 Å². The Labute approximate surface area is 68.8 Å². The van der Waals surface area contributed by atoms with Crippen LogP contribution in [0.1, 0.15) is 20.8 Å². The van der Waals surface area contributed by atoms with Gasteiger partial charge in [-0.2, -0.15) is 0 Å². The number of aliphatic hydroxyl groups is 1. The van der Waals surface area contributed by atoms with Crippen molar-refractivity contribution < 1.29 is 9.84 Å². The number of hydrogen-bond donors (Lipinski definition) is 2. The highest BCUT2D eigenvalue weighted by atomic mass is 16.5. The van der Waals surface area contributed by atoms with Gasteiger partial charge in [0.1, 0.15) is 0 Å². The van der Waals surface area contributed by atoms with E-state index in [0.29, 0.717) is 6.61 Å². The van der Waals surface area contributed by atoms with Gasteiger partial charge in [0.25, 0.3) is 0 Å². The first kappa shape index (κ1) is 10.9. The fourth-order valence-electron chi connectivity index (χ4n) is 0.693. The van der Waals surface area contributed by atoms with Crippen molar-refractivity contribution in [3.8, 4) is 0 Å². The van der Waals surface area contributed by atoms with Gasteiger partial charge in [0.15, 0.2) is 0 Å². The first-order valence-corrected chi connectivity index (χ1v) is 3.94. The van der Waals surface area contributed by atoms with Gasteiger partial charge in [-0.3, -0.25) is 0 Å². The highest BCUT2D eigenvalue weighted by Gasteiger charge is 2.13. The van der Waals surface area contributed by atoms with Crippen molar-refractivity contribution in [3.05, 3.63) is 0 Å². The monoisotopic (exact) mass is 161 g/mol. The zero-order valence-corrected chi connectivity index (χ0v) is 7.85. The van der Waals surface area contributed by atoms with Crippen LogP contribution in [0.15, 0.2) is 0 Å². The highest BCUT2D eigenvalue weighted by molar-refractivity contribution is 4.64. The second-order valence-corrected chi connectivity index (χ2v) is 3.49. The van der Waals surface area contributed by atoms with Crippen LogP contribution in [0.25, 0.3) is 0 Å². The lowest BCUT2D eigenvalue weighted by Crippen LogP contribution is -2.32. The lowest BCUT2D eigenvalue weighted by Gasteiger charge is -2.20. The van der Waals surface area contributed by atoms with E-state index < -0.39 is 5.60 Å². The molecule has 0 aromatic rings. The summed E-state index contributed by atoms with van der Waals surface area (Å²) >= 11 is 0. The molecule has 0 aliphatic heterocycles. The van der Waals surface area contributed by atoms with Crippen molar-refractivity contribution in [1.29, 1.82) is 0 Å². The molecule has 0 spiro atoms. The minimum atomic E-state index is -0.720. The molecule has 0 fully saturated rings. The van der Waals surface area contributed by atoms with E-state index in [1.54, 1.807) is 13.8 Å². The van der Waals surface area contributed by atoms with Gasteiger partial charge in [-0.05, 0) is 27.8 Å². The molecule has 3 nitrogen and oxygen atoms in total. The van der Waals surface area contributed by atoms with Crippen LogP contribution in [-0.2, 0) is 4.74 Å². The summed E-state index contributed by atoms with van der Waals surface area (Å²) in [5.41, 5.74) is -0.720. The lowest BCUT2D eigenvalue weighted by molar-refractivity contribution is -0.0464. The van der Waals surface area contributed by atoms with Gasteiger partial charge in [-0.25, -0.2) is 0 Å². The Kier molecular flexibility index (Phi) is 4.65. The van der Waals surface area contributed by atoms with Crippen molar-refractivity contribution in [2.75, 3.05) is 20.2 Å². The van der Waals surface area contributed by atoms with Crippen molar-refractivity contribution in [2.45, 2.75) is 32.5 Å². The SMILES string of the molecule is CNCC(C)OCC(C)(C)O. The Bertz CT molecular complexity index is 98.8. The summed E-state index contributed by atoms with van der Waals surface area (Å²) in [5, 5.41) is 12.3. The van der Waals surface area contributed by atoms with E-state index in [1.807, 2.05) is 14.0 Å². The van der Waals surface area contributed by atoms with Crippen molar-refractivity contribution >= 4 is 0 Å². The Morgan fingerprint density at radius 1 is 1.55 bits per heavy atom. The van der Waals surface area contributed by atoms with Gasteiger partial charge in [0.05, 0.1) is 18.3 Å². The molecule has 0 saturated carbocycles. The van der Waals surface area contributed by atoms with Crippen molar-refractivity contribution in [2.24, 2.45) is 0 Å². The quantitative estimate of drug-likeness (QED) is 0.612. The number of likely N-dealkylation sites (N-methyl/N-ethyl adjacent to an activating group) is 1. The van der Waals surface area contributed by atoms with Crippen LogP contribution in [0.4, 0.5) is 0 Å². The summed E-state index contributed by atoms with van der Waals surface area (Å²) in [4.78, 5) is 0. The molecule has 0 bridgehead atoms. The van der Waals surface area contributed by atoms with E-state index in [9.17, 15) is 5.11 Å². The van der Waals surface area contributed by atoms with Crippen LogP contribution < -0.4 is 5.32 Å². The molecule has 0 rings (SSSR count). The van der Waals surface area contributed by atoms with E-state index in [-0.39, 0.29) is 6.10 Å². The van der Waals surface area contributed by atoms with E-state index in [1.165, 1.54) is 0 Å². The fourth-order valence-corrected chi connectivity index (χ4v) is 0.693. The van der Waals surface area contributed by atoms with Crippen LogP contribution in [0.5, 0.6) is 0 Å². The lowest BCUT2D eigenvalue weighted by atomic mass is 10.2. The third kappa shape index (κ3) is 7.78. The fraction of sp³-hybridized carbons (Fsp3) is 1.00. The smallest absolute Gasteiger partial charge is 0.0824 e. The molecule has 0 aromatic heterocycles. The molecule has 1 atom stereocenters. The zero-order chi connectivity index (χ0) is 8.91. The van der Waals surface area contributed by atoms with Gasteiger partial charge >= 0.3 is 0 Å². The van der Waals surface area contributed by atoms with E-state index in [0.717, 1.165) is 6.54 Å². The molecule has 11 heavy (non-hydrogen) atoms. The minimum Gasteiger partial charge on any atom is -0.388 e. The van der Waals surface area contributed by atoms with Gasteiger partial charge < -0.3 is 15.2 Å². The van der Waals surface area contributed by atoms with Crippen molar-refractivity contribution in [3.63, 3.8) is 0 Å². The molecule has 2 N–H and O–H groups in total. The van der Waals surface area contributed by atoms with Crippen LogP contribution in [-0.4, -0.2) is 37.0 Å². The molecule has 0 aliphatic rings. The van der Waals surface area contributed by atoms with Gasteiger partial charge in [0, 0.05) is 6.54 Å². The summed E-state index contributed by atoms with van der Waals surface area (Å²) in [6.45, 7) is 6.65. The summed E-state index contributed by atoms with van der Waals surface area (Å²) in [5.74, 6) is 0. The van der Waals surface area contributed by atoms with Crippen LogP contribution in [0.2, 0.25) is 0 Å². The molecule has 1 unspecified atom stereocenters. The molecular formula is C8H19NO2. The Morgan fingerprint density at radius 2 is 2.09 bits per heavy atom. The Balaban J connectivity index is 3.38. The first-order valence-electron chi connectivity index (χ1n) is 3.94. The zero-order valence-electron chi connectivity index (χ0n) is 7.85. The molecule has 0 aliphatic carbocycles. The Hall–Kier alpha value is -0.120. The predicted octanol–water partition coefficient (Wildman–Crippen LogP) is 0.382. The molecule has 0 saturated heterocycles. The Morgan fingerprint density at radius 3 is 2.45 bits per heavy atom.